The van der Waals surface area contributed by atoms with Crippen molar-refractivity contribution in [3.05, 3.63) is 29.8 Å². The first-order valence-corrected chi connectivity index (χ1v) is 6.75. The van der Waals surface area contributed by atoms with Gasteiger partial charge in [-0.3, -0.25) is 0 Å². The highest BCUT2D eigenvalue weighted by Gasteiger charge is 2.23. The largest absolute Gasteiger partial charge is 0.497 e. The molecule has 112 valence electrons. The van der Waals surface area contributed by atoms with Crippen LogP contribution in [0.5, 0.6) is 5.75 Å². The second-order valence-corrected chi connectivity index (χ2v) is 6.47. The molecule has 1 rings (SSSR count). The minimum absolute atomic E-state index is 0.177. The monoisotopic (exact) mass is 279 g/mol. The van der Waals surface area contributed by atoms with Crippen LogP contribution in [-0.4, -0.2) is 25.3 Å². The lowest BCUT2D eigenvalue weighted by Crippen LogP contribution is -2.39. The Hall–Kier alpha value is -1.71. The molecule has 0 fully saturated rings. The Morgan fingerprint density at radius 3 is 2.10 bits per heavy atom. The normalized spacial score (nSPS) is 11.9. The number of alkyl carbamates (subject to hydrolysis) is 1. The summed E-state index contributed by atoms with van der Waals surface area (Å²) in [6.45, 7) is 10.2. The van der Waals surface area contributed by atoms with Crippen LogP contribution in [0.15, 0.2) is 24.3 Å². The van der Waals surface area contributed by atoms with Gasteiger partial charge in [0.1, 0.15) is 11.4 Å². The quantitative estimate of drug-likeness (QED) is 0.917. The highest BCUT2D eigenvalue weighted by Crippen LogP contribution is 2.24. The summed E-state index contributed by atoms with van der Waals surface area (Å²) in [6.07, 6.45) is -0.390. The summed E-state index contributed by atoms with van der Waals surface area (Å²) in [4.78, 5) is 11.7. The molecule has 0 aromatic heterocycles. The first-order valence-electron chi connectivity index (χ1n) is 6.75. The van der Waals surface area contributed by atoms with Crippen molar-refractivity contribution < 1.29 is 14.3 Å². The number of ether oxygens (including phenoxy) is 2. The van der Waals surface area contributed by atoms with Crippen molar-refractivity contribution >= 4 is 6.09 Å². The Kier molecular flexibility index (Phi) is 5.03. The van der Waals surface area contributed by atoms with Gasteiger partial charge in [0.15, 0.2) is 0 Å². The second-order valence-electron chi connectivity index (χ2n) is 6.47. The van der Waals surface area contributed by atoms with E-state index in [4.69, 9.17) is 9.47 Å². The minimum Gasteiger partial charge on any atom is -0.497 e. The maximum absolute atomic E-state index is 11.7. The summed E-state index contributed by atoms with van der Waals surface area (Å²) < 4.78 is 10.4. The average molecular weight is 279 g/mol. The van der Waals surface area contributed by atoms with E-state index in [0.717, 1.165) is 11.3 Å². The molecule has 0 saturated heterocycles. The Morgan fingerprint density at radius 2 is 1.65 bits per heavy atom. The SMILES string of the molecule is COc1ccc(C(C)(C)CNC(=O)OC(C)(C)C)cc1. The summed E-state index contributed by atoms with van der Waals surface area (Å²) in [5.41, 5.74) is 0.478. The van der Waals surface area contributed by atoms with E-state index in [1.807, 2.05) is 45.0 Å². The number of amides is 1. The van der Waals surface area contributed by atoms with Gasteiger partial charge in [0.2, 0.25) is 0 Å². The van der Waals surface area contributed by atoms with E-state index in [0.29, 0.717) is 6.54 Å². The van der Waals surface area contributed by atoms with Gasteiger partial charge >= 0.3 is 6.09 Å². The Bertz CT molecular complexity index is 444. The van der Waals surface area contributed by atoms with Crippen LogP contribution in [-0.2, 0) is 10.2 Å². The molecule has 0 atom stereocenters. The van der Waals surface area contributed by atoms with Crippen LogP contribution in [0.2, 0.25) is 0 Å². The third kappa shape index (κ3) is 5.11. The van der Waals surface area contributed by atoms with Crippen molar-refractivity contribution in [3.63, 3.8) is 0 Å². The van der Waals surface area contributed by atoms with Gasteiger partial charge < -0.3 is 14.8 Å². The van der Waals surface area contributed by atoms with Gasteiger partial charge in [0, 0.05) is 12.0 Å². The maximum atomic E-state index is 11.7. The number of rotatable bonds is 4. The minimum atomic E-state index is -0.478. The van der Waals surface area contributed by atoms with Crippen LogP contribution < -0.4 is 10.1 Å². The number of methoxy groups -OCH3 is 1. The summed E-state index contributed by atoms with van der Waals surface area (Å²) >= 11 is 0. The molecule has 1 N–H and O–H groups in total. The van der Waals surface area contributed by atoms with Gasteiger partial charge in [-0.05, 0) is 38.5 Å². The number of hydrogen-bond donors (Lipinski definition) is 1. The predicted molar refractivity (Wildman–Crippen MR) is 80.3 cm³/mol. The Balaban J connectivity index is 2.62. The molecule has 1 aromatic rings. The molecular formula is C16H25NO3. The smallest absolute Gasteiger partial charge is 0.407 e. The van der Waals surface area contributed by atoms with Crippen molar-refractivity contribution in [2.75, 3.05) is 13.7 Å². The van der Waals surface area contributed by atoms with Crippen LogP contribution >= 0.6 is 0 Å². The van der Waals surface area contributed by atoms with Gasteiger partial charge in [-0.2, -0.15) is 0 Å². The van der Waals surface area contributed by atoms with E-state index in [1.165, 1.54) is 0 Å². The molecule has 1 aromatic carbocycles. The summed E-state index contributed by atoms with van der Waals surface area (Å²) in [7, 11) is 1.64. The number of carbonyl (C=O) groups excluding carboxylic acids is 1. The first-order chi connectivity index (χ1) is 9.14. The van der Waals surface area contributed by atoms with Crippen LogP contribution in [0, 0.1) is 0 Å². The predicted octanol–water partition coefficient (Wildman–Crippen LogP) is 3.50. The van der Waals surface area contributed by atoms with Crippen molar-refractivity contribution in [1.29, 1.82) is 0 Å². The number of nitrogens with one attached hydrogen (secondary N) is 1. The zero-order valence-electron chi connectivity index (χ0n) is 13.2. The third-order valence-electron chi connectivity index (χ3n) is 2.95. The van der Waals surface area contributed by atoms with Gasteiger partial charge in [0.05, 0.1) is 7.11 Å². The molecule has 0 aliphatic rings. The average Bonchev–Trinajstić information content (AvgIpc) is 2.35. The van der Waals surface area contributed by atoms with E-state index < -0.39 is 5.60 Å². The van der Waals surface area contributed by atoms with Gasteiger partial charge in [-0.15, -0.1) is 0 Å². The van der Waals surface area contributed by atoms with Gasteiger partial charge in [0.25, 0.3) is 0 Å². The molecule has 0 unspecified atom stereocenters. The molecule has 0 aliphatic heterocycles. The van der Waals surface area contributed by atoms with E-state index in [9.17, 15) is 4.79 Å². The molecule has 4 heteroatoms. The third-order valence-corrected chi connectivity index (χ3v) is 2.95. The summed E-state index contributed by atoms with van der Waals surface area (Å²) in [6, 6.07) is 7.86. The maximum Gasteiger partial charge on any atom is 0.407 e. The van der Waals surface area contributed by atoms with Gasteiger partial charge in [-0.25, -0.2) is 4.79 Å². The molecule has 0 saturated carbocycles. The fourth-order valence-corrected chi connectivity index (χ4v) is 1.75. The molecule has 0 aliphatic carbocycles. The first kappa shape index (κ1) is 16.3. The van der Waals surface area contributed by atoms with Crippen LogP contribution in [0.1, 0.15) is 40.2 Å². The highest BCUT2D eigenvalue weighted by atomic mass is 16.6. The molecule has 4 nitrogen and oxygen atoms in total. The molecule has 20 heavy (non-hydrogen) atoms. The topological polar surface area (TPSA) is 47.6 Å². The Morgan fingerprint density at radius 1 is 1.10 bits per heavy atom. The zero-order valence-corrected chi connectivity index (χ0v) is 13.2. The van der Waals surface area contributed by atoms with E-state index in [2.05, 4.69) is 19.2 Å². The van der Waals surface area contributed by atoms with Crippen LogP contribution in [0.3, 0.4) is 0 Å². The van der Waals surface area contributed by atoms with Crippen molar-refractivity contribution in [3.8, 4) is 5.75 Å². The molecule has 0 heterocycles. The van der Waals surface area contributed by atoms with Crippen LogP contribution in [0.25, 0.3) is 0 Å². The second kappa shape index (κ2) is 6.16. The fourth-order valence-electron chi connectivity index (χ4n) is 1.75. The Labute approximate surface area is 121 Å². The van der Waals surface area contributed by atoms with Crippen LogP contribution in [0.4, 0.5) is 4.79 Å². The lowest BCUT2D eigenvalue weighted by molar-refractivity contribution is 0.0517. The van der Waals surface area contributed by atoms with Gasteiger partial charge in [-0.1, -0.05) is 26.0 Å². The zero-order chi connectivity index (χ0) is 15.4. The highest BCUT2D eigenvalue weighted by molar-refractivity contribution is 5.67. The van der Waals surface area contributed by atoms with E-state index in [1.54, 1.807) is 7.11 Å². The molecular weight excluding hydrogens is 254 g/mol. The van der Waals surface area contributed by atoms with E-state index >= 15 is 0 Å². The fraction of sp³-hybridized carbons (Fsp3) is 0.562. The molecule has 0 radical (unpaired) electrons. The molecule has 0 spiro atoms. The lowest BCUT2D eigenvalue weighted by Gasteiger charge is -2.27. The molecule has 0 bridgehead atoms. The number of carbonyl (C=O) groups is 1. The number of benzene rings is 1. The molecule has 1 amide bonds. The standard InChI is InChI=1S/C16H25NO3/c1-15(2,3)20-14(18)17-11-16(4,5)12-7-9-13(19-6)10-8-12/h7-10H,11H2,1-6H3,(H,17,18). The number of hydrogen-bond acceptors (Lipinski definition) is 3. The van der Waals surface area contributed by atoms with Crippen molar-refractivity contribution in [2.24, 2.45) is 0 Å². The summed E-state index contributed by atoms with van der Waals surface area (Å²) in [5.74, 6) is 0.824. The van der Waals surface area contributed by atoms with E-state index in [-0.39, 0.29) is 11.5 Å². The van der Waals surface area contributed by atoms with Crippen molar-refractivity contribution in [1.82, 2.24) is 5.32 Å². The summed E-state index contributed by atoms with van der Waals surface area (Å²) in [5, 5.41) is 2.81. The lowest BCUT2D eigenvalue weighted by atomic mass is 9.84. The van der Waals surface area contributed by atoms with Crippen molar-refractivity contribution in [2.45, 2.75) is 45.6 Å².